The summed E-state index contributed by atoms with van der Waals surface area (Å²) in [4.78, 5) is 10.8. The summed E-state index contributed by atoms with van der Waals surface area (Å²) in [5.41, 5.74) is 1.20. The third-order valence-corrected chi connectivity index (χ3v) is 2.49. The van der Waals surface area contributed by atoms with Gasteiger partial charge in [0.15, 0.2) is 5.69 Å². The highest BCUT2D eigenvalue weighted by atomic mass is 16.5. The van der Waals surface area contributed by atoms with E-state index in [9.17, 15) is 4.79 Å². The zero-order valence-corrected chi connectivity index (χ0v) is 9.93. The largest absolute Gasteiger partial charge is 0.497 e. The number of carbonyl (C=O) groups is 1. The van der Waals surface area contributed by atoms with Crippen molar-refractivity contribution in [3.05, 3.63) is 30.0 Å². The molecule has 0 bridgehead atoms. The third-order valence-electron chi connectivity index (χ3n) is 2.49. The lowest BCUT2D eigenvalue weighted by molar-refractivity contribution is 0.0690. The summed E-state index contributed by atoms with van der Waals surface area (Å²) >= 11 is 0. The summed E-state index contributed by atoms with van der Waals surface area (Å²) in [6, 6.07) is 6.70. The average molecular weight is 248 g/mol. The van der Waals surface area contributed by atoms with Crippen LogP contribution in [0.3, 0.4) is 0 Å². The Morgan fingerprint density at radius 3 is 2.61 bits per heavy atom. The fraction of sp³-hybridized carbons (Fsp3) is 0.167. The average Bonchev–Trinajstić information content (AvgIpc) is 2.87. The molecule has 0 unspecified atom stereocenters. The Labute approximate surface area is 103 Å². The highest BCUT2D eigenvalue weighted by molar-refractivity contribution is 5.87. The van der Waals surface area contributed by atoms with Crippen LogP contribution in [0.5, 0.6) is 11.5 Å². The smallest absolute Gasteiger partial charge is 0.356 e. The van der Waals surface area contributed by atoms with Gasteiger partial charge >= 0.3 is 5.97 Å². The molecule has 0 saturated carbocycles. The quantitative estimate of drug-likeness (QED) is 0.861. The number of ether oxygens (including phenoxy) is 2. The Bertz CT molecular complexity index is 577. The van der Waals surface area contributed by atoms with Crippen LogP contribution in [-0.2, 0) is 0 Å². The summed E-state index contributed by atoms with van der Waals surface area (Å²) in [5, 5.41) is 15.2. The molecule has 0 aliphatic heterocycles. The second kappa shape index (κ2) is 4.79. The van der Waals surface area contributed by atoms with Gasteiger partial charge in [-0.1, -0.05) is 0 Å². The number of hydrogen-bond donors (Lipinski definition) is 2. The van der Waals surface area contributed by atoms with Gasteiger partial charge in [0.05, 0.1) is 19.9 Å². The van der Waals surface area contributed by atoms with Crippen LogP contribution in [0.25, 0.3) is 11.3 Å². The standard InChI is InChI=1S/C12H12N2O4/c1-17-7-3-4-11(18-2)8(5-7)9-6-10(12(15)16)14-13-9/h3-6H,1-2H3,(H,13,14)(H,15,16). The van der Waals surface area contributed by atoms with Gasteiger partial charge in [0.2, 0.25) is 0 Å². The van der Waals surface area contributed by atoms with E-state index in [2.05, 4.69) is 10.2 Å². The van der Waals surface area contributed by atoms with E-state index in [-0.39, 0.29) is 5.69 Å². The third kappa shape index (κ3) is 2.13. The molecule has 0 spiro atoms. The van der Waals surface area contributed by atoms with Crippen molar-refractivity contribution in [1.29, 1.82) is 0 Å². The molecule has 0 fully saturated rings. The maximum atomic E-state index is 10.8. The number of aromatic amines is 1. The number of benzene rings is 1. The van der Waals surface area contributed by atoms with Gasteiger partial charge in [-0.3, -0.25) is 5.10 Å². The van der Waals surface area contributed by atoms with E-state index in [0.29, 0.717) is 22.8 Å². The van der Waals surface area contributed by atoms with Crippen molar-refractivity contribution >= 4 is 5.97 Å². The van der Waals surface area contributed by atoms with Crippen LogP contribution >= 0.6 is 0 Å². The van der Waals surface area contributed by atoms with E-state index in [0.717, 1.165) is 0 Å². The molecule has 0 saturated heterocycles. The summed E-state index contributed by atoms with van der Waals surface area (Å²) in [5.74, 6) is 0.174. The van der Waals surface area contributed by atoms with Crippen LogP contribution in [0.1, 0.15) is 10.5 Å². The van der Waals surface area contributed by atoms with Crippen LogP contribution in [-0.4, -0.2) is 35.5 Å². The predicted molar refractivity (Wildman–Crippen MR) is 64.1 cm³/mol. The van der Waals surface area contributed by atoms with Crippen LogP contribution in [0, 0.1) is 0 Å². The first-order chi connectivity index (χ1) is 8.65. The van der Waals surface area contributed by atoms with Crippen molar-refractivity contribution < 1.29 is 19.4 Å². The summed E-state index contributed by atoms with van der Waals surface area (Å²) in [7, 11) is 3.10. The minimum Gasteiger partial charge on any atom is -0.497 e. The number of rotatable bonds is 4. The van der Waals surface area contributed by atoms with Gasteiger partial charge in [-0.2, -0.15) is 5.10 Å². The zero-order chi connectivity index (χ0) is 13.1. The highest BCUT2D eigenvalue weighted by Gasteiger charge is 2.13. The molecule has 1 heterocycles. The van der Waals surface area contributed by atoms with E-state index in [1.165, 1.54) is 6.07 Å². The van der Waals surface area contributed by atoms with E-state index in [4.69, 9.17) is 14.6 Å². The van der Waals surface area contributed by atoms with Crippen molar-refractivity contribution in [3.8, 4) is 22.8 Å². The fourth-order valence-corrected chi connectivity index (χ4v) is 1.59. The van der Waals surface area contributed by atoms with Gasteiger partial charge < -0.3 is 14.6 Å². The Hall–Kier alpha value is -2.50. The molecule has 2 rings (SSSR count). The van der Waals surface area contributed by atoms with Crippen LogP contribution in [0.15, 0.2) is 24.3 Å². The first-order valence-electron chi connectivity index (χ1n) is 5.17. The Kier molecular flexibility index (Phi) is 3.18. The van der Waals surface area contributed by atoms with Gasteiger partial charge in [0.1, 0.15) is 11.5 Å². The molecule has 0 atom stereocenters. The van der Waals surface area contributed by atoms with Crippen molar-refractivity contribution in [2.24, 2.45) is 0 Å². The maximum Gasteiger partial charge on any atom is 0.356 e. The normalized spacial score (nSPS) is 10.1. The van der Waals surface area contributed by atoms with Crippen molar-refractivity contribution in [1.82, 2.24) is 10.2 Å². The topological polar surface area (TPSA) is 84.4 Å². The van der Waals surface area contributed by atoms with Crippen LogP contribution in [0.2, 0.25) is 0 Å². The molecule has 0 radical (unpaired) electrons. The van der Waals surface area contributed by atoms with Gasteiger partial charge in [-0.25, -0.2) is 4.79 Å². The van der Waals surface area contributed by atoms with Gasteiger partial charge in [-0.15, -0.1) is 0 Å². The zero-order valence-electron chi connectivity index (χ0n) is 9.93. The van der Waals surface area contributed by atoms with Crippen molar-refractivity contribution in [3.63, 3.8) is 0 Å². The number of aromatic nitrogens is 2. The molecule has 0 aliphatic carbocycles. The molecule has 1 aromatic carbocycles. The molecule has 18 heavy (non-hydrogen) atoms. The van der Waals surface area contributed by atoms with E-state index in [1.807, 2.05) is 0 Å². The number of nitrogens with one attached hydrogen (secondary N) is 1. The summed E-state index contributed by atoms with van der Waals surface area (Å²) in [6.07, 6.45) is 0. The van der Waals surface area contributed by atoms with Crippen LogP contribution in [0.4, 0.5) is 0 Å². The molecular weight excluding hydrogens is 236 g/mol. The first kappa shape index (κ1) is 12.0. The summed E-state index contributed by atoms with van der Waals surface area (Å²) in [6.45, 7) is 0. The first-order valence-corrected chi connectivity index (χ1v) is 5.17. The highest BCUT2D eigenvalue weighted by Crippen LogP contribution is 2.32. The fourth-order valence-electron chi connectivity index (χ4n) is 1.59. The molecule has 6 nitrogen and oxygen atoms in total. The minimum atomic E-state index is -1.08. The van der Waals surface area contributed by atoms with Crippen molar-refractivity contribution in [2.45, 2.75) is 0 Å². The van der Waals surface area contributed by atoms with Crippen molar-refractivity contribution in [2.75, 3.05) is 14.2 Å². The molecule has 2 N–H and O–H groups in total. The number of aromatic carboxylic acids is 1. The minimum absolute atomic E-state index is 0.0464. The van der Waals surface area contributed by atoms with Crippen LogP contribution < -0.4 is 9.47 Å². The second-order valence-corrected chi connectivity index (χ2v) is 3.54. The SMILES string of the molecule is COc1ccc(OC)c(-c2cc(C(=O)O)n[nH]2)c1. The molecular formula is C12H12N2O4. The van der Waals surface area contributed by atoms with Gasteiger partial charge in [0, 0.05) is 5.56 Å². The molecule has 1 aromatic heterocycles. The molecule has 0 aliphatic rings. The Morgan fingerprint density at radius 2 is 2.06 bits per heavy atom. The second-order valence-electron chi connectivity index (χ2n) is 3.54. The Balaban J connectivity index is 2.50. The molecule has 0 amide bonds. The predicted octanol–water partition coefficient (Wildman–Crippen LogP) is 1.79. The van der Waals surface area contributed by atoms with E-state index in [1.54, 1.807) is 32.4 Å². The monoisotopic (exact) mass is 248 g/mol. The maximum absolute atomic E-state index is 10.8. The number of hydrogen-bond acceptors (Lipinski definition) is 4. The number of nitrogens with zero attached hydrogens (tertiary/aromatic N) is 1. The number of methoxy groups -OCH3 is 2. The lowest BCUT2D eigenvalue weighted by atomic mass is 10.1. The van der Waals surface area contributed by atoms with E-state index >= 15 is 0 Å². The molecule has 6 heteroatoms. The van der Waals surface area contributed by atoms with Gasteiger partial charge in [0.25, 0.3) is 0 Å². The van der Waals surface area contributed by atoms with Gasteiger partial charge in [-0.05, 0) is 24.3 Å². The lowest BCUT2D eigenvalue weighted by Gasteiger charge is -2.08. The lowest BCUT2D eigenvalue weighted by Crippen LogP contribution is -1.95. The Morgan fingerprint density at radius 1 is 1.28 bits per heavy atom. The number of carboxylic acids is 1. The number of H-pyrrole nitrogens is 1. The molecule has 2 aromatic rings. The number of carboxylic acid groups (broad SMARTS) is 1. The summed E-state index contributed by atoms with van der Waals surface area (Å²) < 4.78 is 10.3. The molecule has 94 valence electrons. The van der Waals surface area contributed by atoms with E-state index < -0.39 is 5.97 Å².